The van der Waals surface area contributed by atoms with Gasteiger partial charge in [0.25, 0.3) is 0 Å². The molecule has 0 bridgehead atoms. The highest BCUT2D eigenvalue weighted by Gasteiger charge is 2.24. The van der Waals surface area contributed by atoms with Crippen LogP contribution in [-0.2, 0) is 21.4 Å². The molecule has 0 aromatic heterocycles. The van der Waals surface area contributed by atoms with Crippen LogP contribution in [0, 0.1) is 0 Å². The van der Waals surface area contributed by atoms with Crippen molar-refractivity contribution in [2.24, 2.45) is 0 Å². The fourth-order valence-corrected chi connectivity index (χ4v) is 4.80. The Morgan fingerprint density at radius 1 is 0.886 bits per heavy atom. The lowest BCUT2D eigenvalue weighted by Gasteiger charge is -2.18. The number of hydrogen-bond donors (Lipinski definition) is 4. The van der Waals surface area contributed by atoms with Gasteiger partial charge in [0.05, 0.1) is 17.4 Å². The standard InChI is InChI=1S/C26H29N3O5S/c1-2-14-27-26(32)28-18-19-8-6-11-21(15-19)22-12-7-13-23(16-22)35(33,34)29-24(17-25(30)31)20-9-4-3-5-10-20/h3-13,15-16,24,29H,2,14,17-18H2,1H3,(H,30,31)(H2,27,28,32). The number of hydrogen-bond acceptors (Lipinski definition) is 4. The molecular weight excluding hydrogens is 466 g/mol. The van der Waals surface area contributed by atoms with Crippen molar-refractivity contribution in [3.8, 4) is 11.1 Å². The monoisotopic (exact) mass is 495 g/mol. The summed E-state index contributed by atoms with van der Waals surface area (Å²) in [6, 6.07) is 21.4. The minimum absolute atomic E-state index is 0.0313. The quantitative estimate of drug-likeness (QED) is 0.319. The maximum absolute atomic E-state index is 13.2. The first-order chi connectivity index (χ1) is 16.8. The van der Waals surface area contributed by atoms with Gasteiger partial charge in [0.2, 0.25) is 10.0 Å². The Kier molecular flexibility index (Phi) is 8.99. The second kappa shape index (κ2) is 12.1. The van der Waals surface area contributed by atoms with Gasteiger partial charge in [-0.25, -0.2) is 17.9 Å². The minimum atomic E-state index is -4.00. The number of sulfonamides is 1. The molecule has 1 atom stereocenters. The Morgan fingerprint density at radius 2 is 1.57 bits per heavy atom. The molecule has 35 heavy (non-hydrogen) atoms. The van der Waals surface area contributed by atoms with Gasteiger partial charge in [-0.1, -0.05) is 67.6 Å². The molecular formula is C26H29N3O5S. The maximum atomic E-state index is 13.2. The molecule has 9 heteroatoms. The number of carbonyl (C=O) groups excluding carboxylic acids is 1. The van der Waals surface area contributed by atoms with Crippen molar-refractivity contribution in [3.63, 3.8) is 0 Å². The van der Waals surface area contributed by atoms with E-state index in [-0.39, 0.29) is 17.3 Å². The van der Waals surface area contributed by atoms with Crippen molar-refractivity contribution < 1.29 is 23.1 Å². The molecule has 2 amide bonds. The summed E-state index contributed by atoms with van der Waals surface area (Å²) in [6.07, 6.45) is 0.462. The normalized spacial score (nSPS) is 12.0. The predicted molar refractivity (Wildman–Crippen MR) is 134 cm³/mol. The minimum Gasteiger partial charge on any atom is -0.481 e. The SMILES string of the molecule is CCCNC(=O)NCc1cccc(-c2cccc(S(=O)(=O)NC(CC(=O)O)c3ccccc3)c2)c1. The van der Waals surface area contributed by atoms with Crippen molar-refractivity contribution >= 4 is 22.0 Å². The third-order valence-corrected chi connectivity index (χ3v) is 6.74. The number of amides is 2. The number of benzene rings is 3. The largest absolute Gasteiger partial charge is 0.481 e. The fourth-order valence-electron chi connectivity index (χ4n) is 3.53. The molecule has 0 radical (unpaired) electrons. The summed E-state index contributed by atoms with van der Waals surface area (Å²) in [6.45, 7) is 2.90. The molecule has 0 spiro atoms. The number of rotatable bonds is 11. The Balaban J connectivity index is 1.80. The van der Waals surface area contributed by atoms with Crippen LogP contribution in [0.2, 0.25) is 0 Å². The second-order valence-electron chi connectivity index (χ2n) is 8.02. The lowest BCUT2D eigenvalue weighted by atomic mass is 10.0. The average molecular weight is 496 g/mol. The van der Waals surface area contributed by atoms with Crippen LogP contribution in [0.25, 0.3) is 11.1 Å². The summed E-state index contributed by atoms with van der Waals surface area (Å²) in [7, 11) is -4.00. The second-order valence-corrected chi connectivity index (χ2v) is 9.73. The number of aliphatic carboxylic acids is 1. The van der Waals surface area contributed by atoms with Crippen molar-refractivity contribution in [3.05, 3.63) is 90.0 Å². The topological polar surface area (TPSA) is 125 Å². The van der Waals surface area contributed by atoms with Crippen LogP contribution in [0.3, 0.4) is 0 Å². The van der Waals surface area contributed by atoms with E-state index >= 15 is 0 Å². The zero-order valence-electron chi connectivity index (χ0n) is 19.4. The first kappa shape index (κ1) is 25.9. The van der Waals surface area contributed by atoms with Crippen LogP contribution in [0.15, 0.2) is 83.8 Å². The number of carbonyl (C=O) groups is 2. The van der Waals surface area contributed by atoms with Crippen LogP contribution in [0.4, 0.5) is 4.79 Å². The molecule has 3 aromatic carbocycles. The molecule has 3 rings (SSSR count). The zero-order valence-corrected chi connectivity index (χ0v) is 20.2. The molecule has 184 valence electrons. The van der Waals surface area contributed by atoms with Gasteiger partial charge >= 0.3 is 12.0 Å². The van der Waals surface area contributed by atoms with E-state index in [0.717, 1.165) is 17.5 Å². The zero-order chi connectivity index (χ0) is 25.3. The first-order valence-corrected chi connectivity index (χ1v) is 12.8. The molecule has 1 unspecified atom stereocenters. The number of nitrogens with one attached hydrogen (secondary N) is 3. The predicted octanol–water partition coefficient (Wildman–Crippen LogP) is 4.06. The van der Waals surface area contributed by atoms with Gasteiger partial charge in [0, 0.05) is 13.1 Å². The van der Waals surface area contributed by atoms with Gasteiger partial charge in [0.1, 0.15) is 0 Å². The lowest BCUT2D eigenvalue weighted by Crippen LogP contribution is -2.35. The highest BCUT2D eigenvalue weighted by molar-refractivity contribution is 7.89. The van der Waals surface area contributed by atoms with Crippen LogP contribution in [0.1, 0.15) is 36.9 Å². The molecule has 0 heterocycles. The summed E-state index contributed by atoms with van der Waals surface area (Å²) >= 11 is 0. The highest BCUT2D eigenvalue weighted by Crippen LogP contribution is 2.25. The summed E-state index contributed by atoms with van der Waals surface area (Å²) in [5, 5.41) is 14.8. The van der Waals surface area contributed by atoms with Crippen molar-refractivity contribution in [2.75, 3.05) is 6.54 Å². The molecule has 0 aliphatic carbocycles. The summed E-state index contributed by atoms with van der Waals surface area (Å²) in [4.78, 5) is 23.2. The molecule has 0 fully saturated rings. The first-order valence-electron chi connectivity index (χ1n) is 11.3. The van der Waals surface area contributed by atoms with Crippen LogP contribution >= 0.6 is 0 Å². The smallest absolute Gasteiger partial charge is 0.315 e. The Labute approximate surface area is 205 Å². The summed E-state index contributed by atoms with van der Waals surface area (Å²) in [5.74, 6) is -1.11. The van der Waals surface area contributed by atoms with Crippen LogP contribution in [0.5, 0.6) is 0 Å². The van der Waals surface area contributed by atoms with E-state index in [9.17, 15) is 23.1 Å². The molecule has 8 nitrogen and oxygen atoms in total. The van der Waals surface area contributed by atoms with Gasteiger partial charge < -0.3 is 15.7 Å². The van der Waals surface area contributed by atoms with E-state index < -0.39 is 22.0 Å². The molecule has 4 N–H and O–H groups in total. The molecule has 0 aliphatic heterocycles. The maximum Gasteiger partial charge on any atom is 0.315 e. The van der Waals surface area contributed by atoms with E-state index in [4.69, 9.17) is 0 Å². The Bertz CT molecular complexity index is 1260. The van der Waals surface area contributed by atoms with Crippen molar-refractivity contribution in [1.82, 2.24) is 15.4 Å². The number of carboxylic acid groups (broad SMARTS) is 1. The van der Waals surface area contributed by atoms with E-state index in [0.29, 0.717) is 24.2 Å². The van der Waals surface area contributed by atoms with E-state index in [1.807, 2.05) is 31.2 Å². The molecule has 0 aliphatic rings. The van der Waals surface area contributed by atoms with E-state index in [1.165, 1.54) is 6.07 Å². The lowest BCUT2D eigenvalue weighted by molar-refractivity contribution is -0.137. The molecule has 3 aromatic rings. The average Bonchev–Trinajstić information content (AvgIpc) is 2.86. The third kappa shape index (κ3) is 7.66. The van der Waals surface area contributed by atoms with E-state index in [2.05, 4.69) is 15.4 Å². The molecule has 0 saturated carbocycles. The van der Waals surface area contributed by atoms with Gasteiger partial charge in [0.15, 0.2) is 0 Å². The highest BCUT2D eigenvalue weighted by atomic mass is 32.2. The van der Waals surface area contributed by atoms with Gasteiger partial charge in [-0.2, -0.15) is 0 Å². The Hall–Kier alpha value is -3.69. The molecule has 0 saturated heterocycles. The van der Waals surface area contributed by atoms with Crippen molar-refractivity contribution in [1.29, 1.82) is 0 Å². The van der Waals surface area contributed by atoms with E-state index in [1.54, 1.807) is 48.5 Å². The van der Waals surface area contributed by atoms with Crippen molar-refractivity contribution in [2.45, 2.75) is 37.2 Å². The van der Waals surface area contributed by atoms with Gasteiger partial charge in [-0.05, 0) is 46.9 Å². The third-order valence-electron chi connectivity index (χ3n) is 5.27. The Morgan fingerprint density at radius 3 is 2.26 bits per heavy atom. The van der Waals surface area contributed by atoms with Gasteiger partial charge in [-0.3, -0.25) is 4.79 Å². The number of urea groups is 1. The van der Waals surface area contributed by atoms with Gasteiger partial charge in [-0.15, -0.1) is 0 Å². The number of carboxylic acids is 1. The summed E-state index contributed by atoms with van der Waals surface area (Å²) in [5.41, 5.74) is 2.91. The van der Waals surface area contributed by atoms with Crippen LogP contribution < -0.4 is 15.4 Å². The summed E-state index contributed by atoms with van der Waals surface area (Å²) < 4.78 is 28.8. The van der Waals surface area contributed by atoms with Crippen LogP contribution in [-0.4, -0.2) is 32.1 Å². The fraction of sp³-hybridized carbons (Fsp3) is 0.231.